The summed E-state index contributed by atoms with van der Waals surface area (Å²) in [6, 6.07) is 8.08. The lowest BCUT2D eigenvalue weighted by molar-refractivity contribution is 0.120. The molecule has 1 unspecified atom stereocenters. The molecule has 0 N–H and O–H groups in total. The third kappa shape index (κ3) is 1.90. The fourth-order valence-electron chi connectivity index (χ4n) is 1.61. The minimum Gasteiger partial charge on any atom is -0.377 e. The Balaban J connectivity index is 2.71. The van der Waals surface area contributed by atoms with Crippen molar-refractivity contribution in [2.75, 3.05) is 7.11 Å². The normalized spacial score (nSPS) is 13.0. The van der Waals surface area contributed by atoms with Gasteiger partial charge in [-0.15, -0.1) is 0 Å². The lowest BCUT2D eigenvalue weighted by Crippen LogP contribution is -1.98. The predicted octanol–water partition coefficient (Wildman–Crippen LogP) is 3.70. The van der Waals surface area contributed by atoms with Crippen LogP contribution in [0.3, 0.4) is 0 Å². The molecule has 3 heteroatoms. The number of halogens is 1. The summed E-state index contributed by atoms with van der Waals surface area (Å²) in [5, 5.41) is 1.12. The van der Waals surface area contributed by atoms with E-state index in [9.17, 15) is 0 Å². The third-order valence-corrected chi connectivity index (χ3v) is 3.23. The summed E-state index contributed by atoms with van der Waals surface area (Å²) in [5.74, 6) is 0. The first kappa shape index (κ1) is 10.6. The molecule has 2 rings (SSSR count). The van der Waals surface area contributed by atoms with Crippen molar-refractivity contribution in [3.05, 3.63) is 40.5 Å². The van der Waals surface area contributed by atoms with E-state index < -0.39 is 0 Å². The second kappa shape index (κ2) is 4.29. The highest BCUT2D eigenvalue weighted by atomic mass is 79.9. The second-order valence-electron chi connectivity index (χ2n) is 3.41. The zero-order valence-electron chi connectivity index (χ0n) is 8.70. The van der Waals surface area contributed by atoms with E-state index in [1.54, 1.807) is 13.3 Å². The van der Waals surface area contributed by atoms with Crippen molar-refractivity contribution in [3.63, 3.8) is 0 Å². The van der Waals surface area contributed by atoms with E-state index in [1.807, 2.05) is 25.1 Å². The van der Waals surface area contributed by atoms with Gasteiger partial charge in [0.15, 0.2) is 0 Å². The van der Waals surface area contributed by atoms with Gasteiger partial charge in [0.1, 0.15) is 0 Å². The van der Waals surface area contributed by atoms with E-state index in [1.165, 1.54) is 0 Å². The summed E-state index contributed by atoms with van der Waals surface area (Å²) in [7, 11) is 1.71. The second-order valence-corrected chi connectivity index (χ2v) is 4.27. The Morgan fingerprint density at radius 3 is 2.87 bits per heavy atom. The molecular formula is C12H12BrNO. The Labute approximate surface area is 97.4 Å². The molecule has 1 aromatic heterocycles. The van der Waals surface area contributed by atoms with Crippen molar-refractivity contribution in [2.45, 2.75) is 13.0 Å². The van der Waals surface area contributed by atoms with Crippen molar-refractivity contribution < 1.29 is 4.74 Å². The van der Waals surface area contributed by atoms with Gasteiger partial charge in [-0.1, -0.05) is 28.1 Å². The Kier molecular flexibility index (Phi) is 3.03. The van der Waals surface area contributed by atoms with Crippen LogP contribution in [0.5, 0.6) is 0 Å². The number of hydrogen-bond donors (Lipinski definition) is 0. The smallest absolute Gasteiger partial charge is 0.0814 e. The summed E-state index contributed by atoms with van der Waals surface area (Å²) >= 11 is 3.52. The van der Waals surface area contributed by atoms with E-state index in [0.29, 0.717) is 0 Å². The van der Waals surface area contributed by atoms with Crippen LogP contribution in [-0.4, -0.2) is 12.1 Å². The van der Waals surface area contributed by atoms with Crippen LogP contribution in [-0.2, 0) is 4.74 Å². The number of methoxy groups -OCH3 is 1. The maximum atomic E-state index is 5.33. The maximum absolute atomic E-state index is 5.33. The number of nitrogens with zero attached hydrogens (tertiary/aromatic N) is 1. The maximum Gasteiger partial charge on any atom is 0.0814 e. The van der Waals surface area contributed by atoms with E-state index in [2.05, 4.69) is 27.0 Å². The third-order valence-electron chi connectivity index (χ3n) is 2.54. The summed E-state index contributed by atoms with van der Waals surface area (Å²) < 4.78 is 6.40. The molecule has 1 atom stereocenters. The first-order valence-electron chi connectivity index (χ1n) is 4.80. The van der Waals surface area contributed by atoms with Crippen LogP contribution in [0, 0.1) is 0 Å². The number of aromatic nitrogens is 1. The van der Waals surface area contributed by atoms with Gasteiger partial charge in [0.25, 0.3) is 0 Å². The molecule has 0 saturated heterocycles. The average Bonchev–Trinajstić information content (AvgIpc) is 2.29. The molecule has 0 radical (unpaired) electrons. The van der Waals surface area contributed by atoms with E-state index in [4.69, 9.17) is 4.74 Å². The molecule has 2 aromatic rings. The van der Waals surface area contributed by atoms with Gasteiger partial charge in [-0.05, 0) is 19.1 Å². The van der Waals surface area contributed by atoms with Crippen LogP contribution in [0.4, 0.5) is 0 Å². The molecule has 1 heterocycles. The quantitative estimate of drug-likeness (QED) is 0.826. The van der Waals surface area contributed by atoms with Crippen LogP contribution in [0.2, 0.25) is 0 Å². The standard InChI is InChI=1S/C12H12BrNO/c1-8(15-2)9-5-6-11(13)10-4-3-7-14-12(9)10/h3-8H,1-2H3. The van der Waals surface area contributed by atoms with Gasteiger partial charge >= 0.3 is 0 Å². The first-order valence-corrected chi connectivity index (χ1v) is 5.59. The number of hydrogen-bond acceptors (Lipinski definition) is 2. The molecule has 0 saturated carbocycles. The van der Waals surface area contributed by atoms with E-state index >= 15 is 0 Å². The summed E-state index contributed by atoms with van der Waals surface area (Å²) in [6.07, 6.45) is 1.87. The SMILES string of the molecule is COC(C)c1ccc(Br)c2cccnc12. The Hall–Kier alpha value is -0.930. The molecule has 0 fully saturated rings. The molecule has 2 nitrogen and oxygen atoms in total. The summed E-state index contributed by atoms with van der Waals surface area (Å²) in [4.78, 5) is 4.40. The van der Waals surface area contributed by atoms with Crippen LogP contribution < -0.4 is 0 Å². The minimum absolute atomic E-state index is 0.0653. The highest BCUT2D eigenvalue weighted by Crippen LogP contribution is 2.29. The van der Waals surface area contributed by atoms with Crippen LogP contribution in [0.15, 0.2) is 34.9 Å². The molecule has 1 aromatic carbocycles. The predicted molar refractivity (Wildman–Crippen MR) is 64.9 cm³/mol. The fourth-order valence-corrected chi connectivity index (χ4v) is 2.07. The van der Waals surface area contributed by atoms with Crippen molar-refractivity contribution >= 4 is 26.8 Å². The number of pyridine rings is 1. The van der Waals surface area contributed by atoms with Crippen LogP contribution in [0.1, 0.15) is 18.6 Å². The number of fused-ring (bicyclic) bond motifs is 1. The van der Waals surface area contributed by atoms with E-state index in [-0.39, 0.29) is 6.10 Å². The van der Waals surface area contributed by atoms with Gasteiger partial charge < -0.3 is 4.74 Å². The Morgan fingerprint density at radius 2 is 2.13 bits per heavy atom. The van der Waals surface area contributed by atoms with Gasteiger partial charge in [-0.25, -0.2) is 0 Å². The molecule has 0 bridgehead atoms. The molecule has 0 aliphatic heterocycles. The number of rotatable bonds is 2. The lowest BCUT2D eigenvalue weighted by atomic mass is 10.1. The fraction of sp³-hybridized carbons (Fsp3) is 0.250. The zero-order valence-corrected chi connectivity index (χ0v) is 10.3. The Morgan fingerprint density at radius 1 is 1.33 bits per heavy atom. The molecule has 15 heavy (non-hydrogen) atoms. The summed E-state index contributed by atoms with van der Waals surface area (Å²) in [6.45, 7) is 2.03. The van der Waals surface area contributed by atoms with Crippen molar-refractivity contribution in [1.29, 1.82) is 0 Å². The highest BCUT2D eigenvalue weighted by molar-refractivity contribution is 9.10. The number of ether oxygens (including phenoxy) is 1. The molecular weight excluding hydrogens is 254 g/mol. The zero-order chi connectivity index (χ0) is 10.8. The molecule has 78 valence electrons. The first-order chi connectivity index (χ1) is 7.24. The van der Waals surface area contributed by atoms with Crippen molar-refractivity contribution in [1.82, 2.24) is 4.98 Å². The molecule has 0 amide bonds. The largest absolute Gasteiger partial charge is 0.377 e. The Bertz CT molecular complexity index is 484. The van der Waals surface area contributed by atoms with Crippen molar-refractivity contribution in [3.8, 4) is 0 Å². The van der Waals surface area contributed by atoms with Crippen molar-refractivity contribution in [2.24, 2.45) is 0 Å². The van der Waals surface area contributed by atoms with Gasteiger partial charge in [-0.3, -0.25) is 4.98 Å². The number of benzene rings is 1. The topological polar surface area (TPSA) is 22.1 Å². The molecule has 0 aliphatic rings. The average molecular weight is 266 g/mol. The lowest BCUT2D eigenvalue weighted by Gasteiger charge is -2.12. The minimum atomic E-state index is 0.0653. The van der Waals surface area contributed by atoms with Gasteiger partial charge in [-0.2, -0.15) is 0 Å². The summed E-state index contributed by atoms with van der Waals surface area (Å²) in [5.41, 5.74) is 2.12. The van der Waals surface area contributed by atoms with E-state index in [0.717, 1.165) is 20.9 Å². The van der Waals surface area contributed by atoms with Gasteiger partial charge in [0.2, 0.25) is 0 Å². The van der Waals surface area contributed by atoms with Gasteiger partial charge in [0.05, 0.1) is 11.6 Å². The monoisotopic (exact) mass is 265 g/mol. The highest BCUT2D eigenvalue weighted by Gasteiger charge is 2.10. The van der Waals surface area contributed by atoms with Gasteiger partial charge in [0, 0.05) is 28.7 Å². The van der Waals surface area contributed by atoms with Crippen LogP contribution in [0.25, 0.3) is 10.9 Å². The molecule has 0 spiro atoms. The van der Waals surface area contributed by atoms with Crippen LogP contribution >= 0.6 is 15.9 Å². The molecule has 0 aliphatic carbocycles.